The van der Waals surface area contributed by atoms with E-state index < -0.39 is 0 Å². The molecule has 0 spiro atoms. The Morgan fingerprint density at radius 1 is 1.55 bits per heavy atom. The minimum absolute atomic E-state index is 0.0835. The van der Waals surface area contributed by atoms with Gasteiger partial charge in [-0.05, 0) is 45.3 Å². The number of nitrogens with zero attached hydrogens (tertiary/aromatic N) is 1. The van der Waals surface area contributed by atoms with Crippen LogP contribution in [0.1, 0.15) is 40.5 Å². The average Bonchev–Trinajstić information content (AvgIpc) is 2.46. The van der Waals surface area contributed by atoms with Crippen LogP contribution in [0.15, 0.2) is 34.0 Å². The molecule has 1 heterocycles. The van der Waals surface area contributed by atoms with Crippen LogP contribution < -0.4 is 0 Å². The summed E-state index contributed by atoms with van der Waals surface area (Å²) in [6.07, 6.45) is 6.24. The lowest BCUT2D eigenvalue weighted by molar-refractivity contribution is -0.456. The highest BCUT2D eigenvalue weighted by molar-refractivity contribution is 8.02. The molecule has 0 N–H and O–H groups in total. The summed E-state index contributed by atoms with van der Waals surface area (Å²) in [5, 5.41) is 10.6. The second-order valence-corrected chi connectivity index (χ2v) is 6.92. The van der Waals surface area contributed by atoms with Crippen LogP contribution >= 0.6 is 11.8 Å². The zero-order valence-electron chi connectivity index (χ0n) is 12.4. The molecule has 20 heavy (non-hydrogen) atoms. The maximum atomic E-state index is 10.6. The standard InChI is InChI=1S/C15H21NO3S/c1-10-8-13-12(6-5-7-15(3,4)19-13)11(2)14(10)20-9-16(17)18/h6,8,10H,5,7,9H2,1-4H3. The number of hydrogen-bond acceptors (Lipinski definition) is 4. The molecule has 4 nitrogen and oxygen atoms in total. The third-order valence-electron chi connectivity index (χ3n) is 3.66. The Hall–Kier alpha value is -1.23. The molecular formula is C15H21NO3S. The quantitative estimate of drug-likeness (QED) is 0.443. The fourth-order valence-corrected chi connectivity index (χ4v) is 3.57. The molecule has 110 valence electrons. The van der Waals surface area contributed by atoms with Gasteiger partial charge in [0.2, 0.25) is 0 Å². The molecule has 2 rings (SSSR count). The summed E-state index contributed by atoms with van der Waals surface area (Å²) in [4.78, 5) is 11.4. The van der Waals surface area contributed by atoms with Gasteiger partial charge in [0.05, 0.1) is 0 Å². The van der Waals surface area contributed by atoms with Crippen LogP contribution in [0, 0.1) is 16.0 Å². The minimum atomic E-state index is -0.280. The van der Waals surface area contributed by atoms with E-state index in [1.165, 1.54) is 11.8 Å². The fraction of sp³-hybridized carbons (Fsp3) is 0.600. The second-order valence-electron chi connectivity index (χ2n) is 5.93. The maximum Gasteiger partial charge on any atom is 0.253 e. The Kier molecular flexibility index (Phi) is 4.28. The minimum Gasteiger partial charge on any atom is -0.488 e. The Labute approximate surface area is 124 Å². The molecule has 0 aromatic rings. The van der Waals surface area contributed by atoms with E-state index in [4.69, 9.17) is 4.74 Å². The van der Waals surface area contributed by atoms with Gasteiger partial charge in [-0.25, -0.2) is 0 Å². The normalized spacial score (nSPS) is 25.1. The summed E-state index contributed by atoms with van der Waals surface area (Å²) >= 11 is 1.32. The first-order valence-corrected chi connectivity index (χ1v) is 7.86. The first-order chi connectivity index (χ1) is 9.30. The molecule has 0 saturated heterocycles. The van der Waals surface area contributed by atoms with Crippen molar-refractivity contribution in [3.8, 4) is 0 Å². The molecule has 1 aliphatic carbocycles. The van der Waals surface area contributed by atoms with E-state index in [-0.39, 0.29) is 22.3 Å². The van der Waals surface area contributed by atoms with E-state index >= 15 is 0 Å². The van der Waals surface area contributed by atoms with E-state index in [2.05, 4.69) is 32.9 Å². The molecule has 0 saturated carbocycles. The fourth-order valence-electron chi connectivity index (χ4n) is 2.67. The molecule has 0 aromatic carbocycles. The van der Waals surface area contributed by atoms with Crippen molar-refractivity contribution in [3.63, 3.8) is 0 Å². The second kappa shape index (κ2) is 5.64. The third-order valence-corrected chi connectivity index (χ3v) is 4.99. The number of ether oxygens (including phenoxy) is 1. The van der Waals surface area contributed by atoms with Gasteiger partial charge >= 0.3 is 0 Å². The molecule has 0 bridgehead atoms. The van der Waals surface area contributed by atoms with E-state index in [1.807, 2.05) is 6.92 Å². The van der Waals surface area contributed by atoms with Crippen LogP contribution in [-0.4, -0.2) is 16.4 Å². The SMILES string of the molecule is CC1=C(SC[N+](=O)[O-])C(C)C=C2OC(C)(C)CCC=C21. The first-order valence-electron chi connectivity index (χ1n) is 6.87. The lowest BCUT2D eigenvalue weighted by Gasteiger charge is -2.30. The van der Waals surface area contributed by atoms with E-state index in [0.29, 0.717) is 0 Å². The topological polar surface area (TPSA) is 52.4 Å². The van der Waals surface area contributed by atoms with Crippen LogP contribution in [0.3, 0.4) is 0 Å². The Balaban J connectivity index is 2.29. The Morgan fingerprint density at radius 2 is 2.25 bits per heavy atom. The predicted octanol–water partition coefficient (Wildman–Crippen LogP) is 4.28. The van der Waals surface area contributed by atoms with Gasteiger partial charge in [0.15, 0.2) is 0 Å². The maximum absolute atomic E-state index is 10.6. The van der Waals surface area contributed by atoms with Crippen molar-refractivity contribution in [3.05, 3.63) is 44.1 Å². The highest BCUT2D eigenvalue weighted by Gasteiger charge is 2.30. The largest absolute Gasteiger partial charge is 0.488 e. The first kappa shape index (κ1) is 15.2. The van der Waals surface area contributed by atoms with E-state index in [9.17, 15) is 10.1 Å². The van der Waals surface area contributed by atoms with Crippen molar-refractivity contribution < 1.29 is 9.66 Å². The molecule has 1 atom stereocenters. The van der Waals surface area contributed by atoms with E-state index in [1.54, 1.807) is 0 Å². The monoisotopic (exact) mass is 295 g/mol. The number of allylic oxidation sites excluding steroid dienone is 4. The lowest BCUT2D eigenvalue weighted by Crippen LogP contribution is -2.24. The van der Waals surface area contributed by atoms with Crippen molar-refractivity contribution in [1.82, 2.24) is 0 Å². The highest BCUT2D eigenvalue weighted by atomic mass is 32.2. The number of fused-ring (bicyclic) bond motifs is 1. The number of nitro groups is 1. The van der Waals surface area contributed by atoms with Crippen LogP contribution in [0.4, 0.5) is 0 Å². The third kappa shape index (κ3) is 3.26. The van der Waals surface area contributed by atoms with Crippen LogP contribution in [0.25, 0.3) is 0 Å². The summed E-state index contributed by atoms with van der Waals surface area (Å²) in [6.45, 7) is 8.31. The number of hydrogen-bond donors (Lipinski definition) is 0. The number of thioether (sulfide) groups is 1. The van der Waals surface area contributed by atoms with Crippen LogP contribution in [-0.2, 0) is 4.74 Å². The molecule has 0 fully saturated rings. The molecular weight excluding hydrogens is 274 g/mol. The summed E-state index contributed by atoms with van der Waals surface area (Å²) in [7, 11) is 0. The van der Waals surface area contributed by atoms with Crippen LogP contribution in [0.5, 0.6) is 0 Å². The van der Waals surface area contributed by atoms with Gasteiger partial charge < -0.3 is 4.74 Å². The Morgan fingerprint density at radius 3 is 2.90 bits per heavy atom. The lowest BCUT2D eigenvalue weighted by atomic mass is 9.92. The van der Waals surface area contributed by atoms with Gasteiger partial charge in [-0.3, -0.25) is 10.1 Å². The molecule has 1 unspecified atom stereocenters. The van der Waals surface area contributed by atoms with E-state index in [0.717, 1.165) is 34.7 Å². The van der Waals surface area contributed by atoms with Crippen molar-refractivity contribution >= 4 is 11.8 Å². The van der Waals surface area contributed by atoms with Crippen molar-refractivity contribution in [2.45, 2.75) is 46.1 Å². The van der Waals surface area contributed by atoms with Gasteiger partial charge in [0, 0.05) is 21.3 Å². The van der Waals surface area contributed by atoms with Gasteiger partial charge in [-0.15, -0.1) is 0 Å². The van der Waals surface area contributed by atoms with Crippen molar-refractivity contribution in [2.75, 3.05) is 5.88 Å². The molecule has 1 aliphatic heterocycles. The average molecular weight is 295 g/mol. The Bertz CT molecular complexity index is 517. The molecule has 0 amide bonds. The molecule has 0 aromatic heterocycles. The summed E-state index contributed by atoms with van der Waals surface area (Å²) in [6, 6.07) is 0. The summed E-state index contributed by atoms with van der Waals surface area (Å²) < 4.78 is 6.13. The smallest absolute Gasteiger partial charge is 0.253 e. The molecule has 5 heteroatoms. The zero-order valence-corrected chi connectivity index (χ0v) is 13.3. The highest BCUT2D eigenvalue weighted by Crippen LogP contribution is 2.42. The van der Waals surface area contributed by atoms with Crippen molar-refractivity contribution in [1.29, 1.82) is 0 Å². The zero-order chi connectivity index (χ0) is 14.9. The molecule has 0 radical (unpaired) electrons. The summed E-state index contributed by atoms with van der Waals surface area (Å²) in [5.41, 5.74) is 2.08. The van der Waals surface area contributed by atoms with Gasteiger partial charge in [-0.1, -0.05) is 24.8 Å². The van der Waals surface area contributed by atoms with Gasteiger partial charge in [0.1, 0.15) is 11.4 Å². The predicted molar refractivity (Wildman–Crippen MR) is 81.9 cm³/mol. The number of rotatable bonds is 3. The van der Waals surface area contributed by atoms with Crippen molar-refractivity contribution in [2.24, 2.45) is 5.92 Å². The van der Waals surface area contributed by atoms with Gasteiger partial charge in [-0.2, -0.15) is 0 Å². The molecule has 2 aliphatic rings. The van der Waals surface area contributed by atoms with Gasteiger partial charge in [0.25, 0.3) is 5.88 Å². The van der Waals surface area contributed by atoms with Crippen LogP contribution in [0.2, 0.25) is 0 Å². The summed E-state index contributed by atoms with van der Waals surface area (Å²) in [5.74, 6) is 1.02.